The fourth-order valence-electron chi connectivity index (χ4n) is 2.73. The van der Waals surface area contributed by atoms with E-state index in [1.165, 1.54) is 7.11 Å². The molecule has 1 aromatic carbocycles. The fraction of sp³-hybridized carbons (Fsp3) is 0.579. The Morgan fingerprint density at radius 2 is 2.00 bits per heavy atom. The number of amides is 1. The fourth-order valence-corrected chi connectivity index (χ4v) is 2.73. The molecule has 0 radical (unpaired) electrons. The van der Waals surface area contributed by atoms with Crippen LogP contribution in [0.5, 0.6) is 5.75 Å². The Hall–Kier alpha value is -2.08. The number of esters is 1. The molecule has 0 saturated heterocycles. The number of ether oxygens (including phenoxy) is 3. The van der Waals surface area contributed by atoms with Crippen molar-refractivity contribution in [3.8, 4) is 5.75 Å². The van der Waals surface area contributed by atoms with Crippen molar-refractivity contribution in [1.29, 1.82) is 0 Å². The molecule has 0 bridgehead atoms. The van der Waals surface area contributed by atoms with Crippen LogP contribution >= 0.6 is 0 Å². The molecule has 6 heteroatoms. The number of carbonyl (C=O) groups excluding carboxylic acids is 2. The minimum absolute atomic E-state index is 0.191. The van der Waals surface area contributed by atoms with E-state index in [1.54, 1.807) is 25.1 Å². The van der Waals surface area contributed by atoms with Crippen molar-refractivity contribution in [2.24, 2.45) is 5.92 Å². The van der Waals surface area contributed by atoms with Gasteiger partial charge in [0.05, 0.1) is 13.7 Å². The summed E-state index contributed by atoms with van der Waals surface area (Å²) in [5.41, 5.74) is -0.0504. The highest BCUT2D eigenvalue weighted by Gasteiger charge is 2.48. The van der Waals surface area contributed by atoms with Gasteiger partial charge in [-0.3, -0.25) is 4.79 Å². The predicted octanol–water partition coefficient (Wildman–Crippen LogP) is 3.41. The second-order valence-corrected chi connectivity index (χ2v) is 6.32. The van der Waals surface area contributed by atoms with Gasteiger partial charge in [-0.05, 0) is 57.2 Å². The van der Waals surface area contributed by atoms with Crippen LogP contribution in [-0.4, -0.2) is 37.8 Å². The third-order valence-electron chi connectivity index (χ3n) is 4.37. The molecule has 0 aliphatic heterocycles. The second kappa shape index (κ2) is 8.34. The lowest BCUT2D eigenvalue weighted by atomic mass is 9.98. The van der Waals surface area contributed by atoms with Crippen LogP contribution in [0.3, 0.4) is 0 Å². The molecule has 0 unspecified atom stereocenters. The Bertz CT molecular complexity index is 626. The zero-order valence-corrected chi connectivity index (χ0v) is 15.4. The SMILES string of the molecule is CCCO[C@@](C)(C(=O)Nc1ccc(OC)c(C(=O)OCC)c1)C1CC1. The van der Waals surface area contributed by atoms with Gasteiger partial charge in [0.1, 0.15) is 16.9 Å². The molecule has 25 heavy (non-hydrogen) atoms. The van der Waals surface area contributed by atoms with Crippen molar-refractivity contribution in [3.63, 3.8) is 0 Å². The van der Waals surface area contributed by atoms with E-state index in [4.69, 9.17) is 14.2 Å². The zero-order valence-electron chi connectivity index (χ0n) is 15.4. The van der Waals surface area contributed by atoms with E-state index in [-0.39, 0.29) is 24.0 Å². The van der Waals surface area contributed by atoms with Gasteiger partial charge >= 0.3 is 5.97 Å². The number of anilines is 1. The van der Waals surface area contributed by atoms with Crippen molar-refractivity contribution in [1.82, 2.24) is 0 Å². The van der Waals surface area contributed by atoms with E-state index < -0.39 is 11.6 Å². The maximum atomic E-state index is 12.8. The van der Waals surface area contributed by atoms with Crippen LogP contribution in [0.15, 0.2) is 18.2 Å². The smallest absolute Gasteiger partial charge is 0.341 e. The van der Waals surface area contributed by atoms with Crippen molar-refractivity contribution < 1.29 is 23.8 Å². The molecule has 6 nitrogen and oxygen atoms in total. The summed E-state index contributed by atoms with van der Waals surface area (Å²) in [5.74, 6) is -0.0310. The van der Waals surface area contributed by atoms with Crippen LogP contribution in [0.4, 0.5) is 5.69 Å². The average molecular weight is 349 g/mol. The molecule has 0 heterocycles. The Labute approximate surface area is 148 Å². The second-order valence-electron chi connectivity index (χ2n) is 6.32. The highest BCUT2D eigenvalue weighted by molar-refractivity contribution is 6.00. The molecule has 1 fully saturated rings. The van der Waals surface area contributed by atoms with E-state index in [1.807, 2.05) is 13.8 Å². The van der Waals surface area contributed by atoms with Gasteiger partial charge in [-0.2, -0.15) is 0 Å². The van der Waals surface area contributed by atoms with Crippen LogP contribution in [0, 0.1) is 5.92 Å². The lowest BCUT2D eigenvalue weighted by Crippen LogP contribution is -2.45. The van der Waals surface area contributed by atoms with Crippen molar-refractivity contribution in [3.05, 3.63) is 23.8 Å². The largest absolute Gasteiger partial charge is 0.496 e. The first-order valence-corrected chi connectivity index (χ1v) is 8.76. The van der Waals surface area contributed by atoms with Gasteiger partial charge < -0.3 is 19.5 Å². The summed E-state index contributed by atoms with van der Waals surface area (Å²) in [6.45, 7) is 6.40. The van der Waals surface area contributed by atoms with Crippen LogP contribution < -0.4 is 10.1 Å². The van der Waals surface area contributed by atoms with E-state index in [0.717, 1.165) is 19.3 Å². The minimum atomic E-state index is -0.847. The number of methoxy groups -OCH3 is 1. The van der Waals surface area contributed by atoms with Crippen LogP contribution in [0.2, 0.25) is 0 Å². The molecule has 0 spiro atoms. The number of hydrogen-bond acceptors (Lipinski definition) is 5. The van der Waals surface area contributed by atoms with E-state index >= 15 is 0 Å². The van der Waals surface area contributed by atoms with E-state index in [9.17, 15) is 9.59 Å². The lowest BCUT2D eigenvalue weighted by molar-refractivity contribution is -0.142. The summed E-state index contributed by atoms with van der Waals surface area (Å²) in [5, 5.41) is 2.87. The molecule has 0 aromatic heterocycles. The standard InChI is InChI=1S/C19H27NO5/c1-5-11-25-19(3,13-7-8-13)18(22)20-14-9-10-16(23-4)15(12-14)17(21)24-6-2/h9-10,12-13H,5-8,11H2,1-4H3,(H,20,22)/t19-/m1/s1. The number of hydrogen-bond donors (Lipinski definition) is 1. The maximum absolute atomic E-state index is 12.8. The average Bonchev–Trinajstić information content (AvgIpc) is 3.45. The monoisotopic (exact) mass is 349 g/mol. The summed E-state index contributed by atoms with van der Waals surface area (Å²) in [7, 11) is 1.49. The summed E-state index contributed by atoms with van der Waals surface area (Å²) < 4.78 is 16.1. The Kier molecular flexibility index (Phi) is 6.42. The van der Waals surface area contributed by atoms with E-state index in [0.29, 0.717) is 18.0 Å². The first-order valence-electron chi connectivity index (χ1n) is 8.76. The van der Waals surface area contributed by atoms with Crippen molar-refractivity contribution in [2.45, 2.75) is 45.6 Å². The normalized spacial score (nSPS) is 16.0. The third kappa shape index (κ3) is 4.51. The molecule has 1 aliphatic carbocycles. The molecule has 1 aromatic rings. The van der Waals surface area contributed by atoms with Gasteiger partial charge in [0.2, 0.25) is 0 Å². The third-order valence-corrected chi connectivity index (χ3v) is 4.37. The van der Waals surface area contributed by atoms with Gasteiger partial charge in [-0.15, -0.1) is 0 Å². The first-order chi connectivity index (χ1) is 12.0. The number of rotatable bonds is 9. The number of carbonyl (C=O) groups is 2. The maximum Gasteiger partial charge on any atom is 0.341 e. The summed E-state index contributed by atoms with van der Waals surface area (Å²) in [6, 6.07) is 4.91. The van der Waals surface area contributed by atoms with Crippen LogP contribution in [-0.2, 0) is 14.3 Å². The highest BCUT2D eigenvalue weighted by atomic mass is 16.5. The van der Waals surface area contributed by atoms with Crippen molar-refractivity contribution >= 4 is 17.6 Å². The molecule has 1 atom stereocenters. The zero-order chi connectivity index (χ0) is 18.4. The summed E-state index contributed by atoms with van der Waals surface area (Å²) >= 11 is 0. The molecule has 2 rings (SSSR count). The molecular weight excluding hydrogens is 322 g/mol. The Morgan fingerprint density at radius 1 is 1.28 bits per heavy atom. The molecule has 1 amide bonds. The summed E-state index contributed by atoms with van der Waals surface area (Å²) in [6.07, 6.45) is 2.83. The van der Waals surface area contributed by atoms with Gasteiger partial charge in [-0.25, -0.2) is 4.79 Å². The quantitative estimate of drug-likeness (QED) is 0.692. The van der Waals surface area contributed by atoms with Gasteiger partial charge in [0.15, 0.2) is 0 Å². The predicted molar refractivity (Wildman–Crippen MR) is 95.0 cm³/mol. The minimum Gasteiger partial charge on any atom is -0.496 e. The lowest BCUT2D eigenvalue weighted by Gasteiger charge is -2.28. The van der Waals surface area contributed by atoms with Gasteiger partial charge in [-0.1, -0.05) is 6.92 Å². The molecular formula is C19H27NO5. The Balaban J connectivity index is 2.19. The van der Waals surface area contributed by atoms with Gasteiger partial charge in [0.25, 0.3) is 5.91 Å². The molecule has 1 saturated carbocycles. The van der Waals surface area contributed by atoms with E-state index in [2.05, 4.69) is 5.32 Å². The molecule has 1 N–H and O–H groups in total. The topological polar surface area (TPSA) is 73.9 Å². The van der Waals surface area contributed by atoms with Crippen molar-refractivity contribution in [2.75, 3.05) is 25.6 Å². The highest BCUT2D eigenvalue weighted by Crippen LogP contribution is 2.42. The molecule has 1 aliphatic rings. The first kappa shape index (κ1) is 19.2. The van der Waals surface area contributed by atoms with Crippen LogP contribution in [0.1, 0.15) is 50.4 Å². The molecule has 138 valence electrons. The van der Waals surface area contributed by atoms with Crippen LogP contribution in [0.25, 0.3) is 0 Å². The number of benzene rings is 1. The number of nitrogens with one attached hydrogen (secondary N) is 1. The van der Waals surface area contributed by atoms with Gasteiger partial charge in [0, 0.05) is 12.3 Å². The summed E-state index contributed by atoms with van der Waals surface area (Å²) in [4.78, 5) is 24.9. The Morgan fingerprint density at radius 3 is 2.56 bits per heavy atom.